The van der Waals surface area contributed by atoms with Gasteiger partial charge in [-0.15, -0.1) is 0 Å². The quantitative estimate of drug-likeness (QED) is 0.710. The lowest BCUT2D eigenvalue weighted by Crippen LogP contribution is -2.19. The number of benzene rings is 2. The summed E-state index contributed by atoms with van der Waals surface area (Å²) in [5, 5.41) is 0. The van der Waals surface area contributed by atoms with Gasteiger partial charge in [-0.05, 0) is 37.1 Å². The lowest BCUT2D eigenvalue weighted by Gasteiger charge is -2.26. The second kappa shape index (κ2) is 4.92. The zero-order valence-electron chi connectivity index (χ0n) is 12.1. The number of aryl methyl sites for hydroxylation is 1. The minimum absolute atomic E-state index is 0.492. The fourth-order valence-corrected chi connectivity index (χ4v) is 3.25. The first-order valence-corrected chi connectivity index (χ1v) is 7.46. The zero-order chi connectivity index (χ0) is 14.2. The number of para-hydroxylation sites is 3. The molecule has 1 aliphatic heterocycles. The first-order valence-electron chi connectivity index (χ1n) is 7.46. The lowest BCUT2D eigenvalue weighted by molar-refractivity contribution is 0.259. The molecule has 0 bridgehead atoms. The summed E-state index contributed by atoms with van der Waals surface area (Å²) in [4.78, 5) is 4.67. The van der Waals surface area contributed by atoms with E-state index in [1.54, 1.807) is 0 Å². The van der Waals surface area contributed by atoms with E-state index >= 15 is 0 Å². The van der Waals surface area contributed by atoms with Crippen LogP contribution in [0, 0.1) is 6.92 Å². The van der Waals surface area contributed by atoms with Gasteiger partial charge in [-0.25, -0.2) is 4.98 Å². The Hall–Kier alpha value is -2.29. The summed E-state index contributed by atoms with van der Waals surface area (Å²) in [7, 11) is 0. The fraction of sp³-hybridized carbons (Fsp3) is 0.278. The van der Waals surface area contributed by atoms with Gasteiger partial charge < -0.3 is 9.30 Å². The molecule has 1 atom stereocenters. The summed E-state index contributed by atoms with van der Waals surface area (Å²) in [5.41, 5.74) is 3.62. The molecule has 2 heterocycles. The van der Waals surface area contributed by atoms with Gasteiger partial charge in [0.25, 0.3) is 0 Å². The molecule has 3 aromatic rings. The maximum atomic E-state index is 5.77. The van der Waals surface area contributed by atoms with E-state index in [2.05, 4.69) is 52.9 Å². The number of nitrogens with zero attached hydrogens (tertiary/aromatic N) is 2. The second-order valence-corrected chi connectivity index (χ2v) is 5.63. The summed E-state index contributed by atoms with van der Waals surface area (Å²) in [5.74, 6) is 2.61. The molecule has 0 amide bonds. The molecule has 3 heteroatoms. The Morgan fingerprint density at radius 1 is 1.14 bits per heavy atom. The van der Waals surface area contributed by atoms with Crippen molar-refractivity contribution in [2.45, 2.75) is 25.8 Å². The van der Waals surface area contributed by atoms with E-state index < -0.39 is 0 Å². The minimum Gasteiger partial charge on any atom is -0.493 e. The van der Waals surface area contributed by atoms with Crippen LogP contribution in [0.3, 0.4) is 0 Å². The molecule has 106 valence electrons. The van der Waals surface area contributed by atoms with E-state index in [9.17, 15) is 0 Å². The van der Waals surface area contributed by atoms with Crippen LogP contribution in [0.25, 0.3) is 11.0 Å². The topological polar surface area (TPSA) is 27.1 Å². The van der Waals surface area contributed by atoms with Crippen LogP contribution in [0.15, 0.2) is 48.5 Å². The monoisotopic (exact) mass is 278 g/mol. The van der Waals surface area contributed by atoms with Gasteiger partial charge in [-0.2, -0.15) is 0 Å². The molecule has 0 saturated carbocycles. The average Bonchev–Trinajstić information content (AvgIpc) is 2.84. The van der Waals surface area contributed by atoms with Gasteiger partial charge >= 0.3 is 0 Å². The lowest BCUT2D eigenvalue weighted by atomic mass is 9.93. The Labute approximate surface area is 124 Å². The van der Waals surface area contributed by atoms with Crippen LogP contribution in [0.2, 0.25) is 0 Å². The van der Waals surface area contributed by atoms with Gasteiger partial charge in [0.15, 0.2) is 0 Å². The normalized spacial score (nSPS) is 17.5. The Morgan fingerprint density at radius 2 is 1.95 bits per heavy atom. The molecular weight excluding hydrogens is 260 g/mol. The first kappa shape index (κ1) is 12.5. The average molecular weight is 278 g/mol. The standard InChI is InChI=1S/C18H18N2O/c1-13-19-16-7-3-4-8-17(16)20(13)12-14-10-11-21-18-9-5-2-6-15(14)18/h2-9,14H,10-12H2,1H3. The summed E-state index contributed by atoms with van der Waals surface area (Å²) in [6, 6.07) is 16.8. The van der Waals surface area contributed by atoms with Crippen molar-refractivity contribution in [1.29, 1.82) is 0 Å². The molecule has 1 aliphatic rings. The summed E-state index contributed by atoms with van der Waals surface area (Å²) in [6.45, 7) is 3.85. The number of hydrogen-bond acceptors (Lipinski definition) is 2. The fourth-order valence-electron chi connectivity index (χ4n) is 3.25. The highest BCUT2D eigenvalue weighted by Crippen LogP contribution is 2.35. The molecular formula is C18H18N2O. The third kappa shape index (κ3) is 2.09. The molecule has 3 nitrogen and oxygen atoms in total. The van der Waals surface area contributed by atoms with Crippen LogP contribution >= 0.6 is 0 Å². The molecule has 0 spiro atoms. The molecule has 21 heavy (non-hydrogen) atoms. The van der Waals surface area contributed by atoms with Crippen LogP contribution in [0.1, 0.15) is 23.7 Å². The highest BCUT2D eigenvalue weighted by atomic mass is 16.5. The Bertz CT molecular complexity index is 791. The van der Waals surface area contributed by atoms with Crippen molar-refractivity contribution < 1.29 is 4.74 Å². The van der Waals surface area contributed by atoms with Crippen LogP contribution in [-0.4, -0.2) is 16.2 Å². The number of aromatic nitrogens is 2. The molecule has 0 radical (unpaired) electrons. The number of hydrogen-bond donors (Lipinski definition) is 0. The van der Waals surface area contributed by atoms with Crippen molar-refractivity contribution in [3.05, 3.63) is 59.9 Å². The van der Waals surface area contributed by atoms with Crippen molar-refractivity contribution in [3.8, 4) is 5.75 Å². The van der Waals surface area contributed by atoms with Crippen molar-refractivity contribution in [2.24, 2.45) is 0 Å². The van der Waals surface area contributed by atoms with E-state index in [-0.39, 0.29) is 0 Å². The SMILES string of the molecule is Cc1nc2ccccc2n1CC1CCOc2ccccc21. The Balaban J connectivity index is 1.74. The highest BCUT2D eigenvalue weighted by molar-refractivity contribution is 5.75. The molecule has 0 N–H and O–H groups in total. The van der Waals surface area contributed by atoms with E-state index in [1.807, 2.05) is 12.1 Å². The number of imidazole rings is 1. The number of rotatable bonds is 2. The summed E-state index contributed by atoms with van der Waals surface area (Å²) >= 11 is 0. The van der Waals surface area contributed by atoms with Crippen LogP contribution < -0.4 is 4.74 Å². The van der Waals surface area contributed by atoms with Gasteiger partial charge in [-0.3, -0.25) is 0 Å². The maximum absolute atomic E-state index is 5.77. The molecule has 0 fully saturated rings. The molecule has 1 aromatic heterocycles. The van der Waals surface area contributed by atoms with E-state index in [0.29, 0.717) is 5.92 Å². The molecule has 1 unspecified atom stereocenters. The highest BCUT2D eigenvalue weighted by Gasteiger charge is 2.22. The molecule has 2 aromatic carbocycles. The molecule has 4 rings (SSSR count). The van der Waals surface area contributed by atoms with Crippen LogP contribution in [0.4, 0.5) is 0 Å². The minimum atomic E-state index is 0.492. The van der Waals surface area contributed by atoms with Crippen molar-refractivity contribution in [1.82, 2.24) is 9.55 Å². The van der Waals surface area contributed by atoms with Gasteiger partial charge in [0.05, 0.1) is 17.6 Å². The number of fused-ring (bicyclic) bond motifs is 2. The predicted octanol–water partition coefficient (Wildman–Crippen LogP) is 3.91. The van der Waals surface area contributed by atoms with Crippen molar-refractivity contribution in [2.75, 3.05) is 6.61 Å². The van der Waals surface area contributed by atoms with Gasteiger partial charge in [0.2, 0.25) is 0 Å². The number of ether oxygens (including phenoxy) is 1. The van der Waals surface area contributed by atoms with E-state index in [4.69, 9.17) is 4.74 Å². The van der Waals surface area contributed by atoms with Crippen LogP contribution in [-0.2, 0) is 6.54 Å². The predicted molar refractivity (Wildman–Crippen MR) is 83.8 cm³/mol. The van der Waals surface area contributed by atoms with E-state index in [1.165, 1.54) is 11.1 Å². The third-order valence-electron chi connectivity index (χ3n) is 4.33. The Kier molecular flexibility index (Phi) is 2.92. The Morgan fingerprint density at radius 3 is 2.90 bits per heavy atom. The van der Waals surface area contributed by atoms with Gasteiger partial charge in [0.1, 0.15) is 11.6 Å². The molecule has 0 saturated heterocycles. The van der Waals surface area contributed by atoms with Crippen LogP contribution in [0.5, 0.6) is 5.75 Å². The van der Waals surface area contributed by atoms with E-state index in [0.717, 1.165) is 36.7 Å². The zero-order valence-corrected chi connectivity index (χ0v) is 12.1. The third-order valence-corrected chi connectivity index (χ3v) is 4.33. The summed E-state index contributed by atoms with van der Waals surface area (Å²) < 4.78 is 8.10. The largest absolute Gasteiger partial charge is 0.493 e. The van der Waals surface area contributed by atoms with Gasteiger partial charge in [-0.1, -0.05) is 30.3 Å². The maximum Gasteiger partial charge on any atom is 0.122 e. The van der Waals surface area contributed by atoms with Crippen molar-refractivity contribution >= 4 is 11.0 Å². The molecule has 0 aliphatic carbocycles. The second-order valence-electron chi connectivity index (χ2n) is 5.63. The summed E-state index contributed by atoms with van der Waals surface area (Å²) in [6.07, 6.45) is 1.06. The smallest absolute Gasteiger partial charge is 0.122 e. The van der Waals surface area contributed by atoms with Gasteiger partial charge in [0, 0.05) is 12.5 Å². The van der Waals surface area contributed by atoms with Crippen molar-refractivity contribution in [3.63, 3.8) is 0 Å². The first-order chi connectivity index (χ1) is 10.3.